The van der Waals surface area contributed by atoms with Crippen LogP contribution in [0.15, 0.2) is 30.3 Å². The highest BCUT2D eigenvalue weighted by Crippen LogP contribution is 2.25. The predicted molar refractivity (Wildman–Crippen MR) is 101 cm³/mol. The summed E-state index contributed by atoms with van der Waals surface area (Å²) in [5.41, 5.74) is 4.28. The van der Waals surface area contributed by atoms with E-state index in [1.165, 1.54) is 0 Å². The zero-order valence-electron chi connectivity index (χ0n) is 15.3. The summed E-state index contributed by atoms with van der Waals surface area (Å²) in [6.45, 7) is 7.41. The van der Waals surface area contributed by atoms with Crippen molar-refractivity contribution >= 4 is 28.5 Å². The van der Waals surface area contributed by atoms with Gasteiger partial charge in [-0.05, 0) is 45.4 Å². The summed E-state index contributed by atoms with van der Waals surface area (Å²) < 4.78 is 5.04. The van der Waals surface area contributed by atoms with Gasteiger partial charge in [0.05, 0.1) is 23.4 Å². The second-order valence-electron chi connectivity index (χ2n) is 6.13. The Morgan fingerprint density at radius 3 is 2.65 bits per heavy atom. The largest absolute Gasteiger partial charge is 0.461 e. The number of aromatic amines is 1. The molecule has 0 atom stereocenters. The Balaban J connectivity index is 1.98. The van der Waals surface area contributed by atoms with Gasteiger partial charge in [-0.1, -0.05) is 18.2 Å². The van der Waals surface area contributed by atoms with Crippen molar-refractivity contribution in [3.8, 4) is 0 Å². The Morgan fingerprint density at radius 1 is 1.19 bits per heavy atom. The number of pyridine rings is 1. The lowest BCUT2D eigenvalue weighted by Crippen LogP contribution is -2.15. The van der Waals surface area contributed by atoms with E-state index in [9.17, 15) is 9.59 Å². The number of hydrogen-bond donors (Lipinski definition) is 2. The van der Waals surface area contributed by atoms with Crippen LogP contribution < -0.4 is 5.32 Å². The van der Waals surface area contributed by atoms with Gasteiger partial charge in [0.15, 0.2) is 0 Å². The summed E-state index contributed by atoms with van der Waals surface area (Å²) in [5, 5.41) is 3.82. The van der Waals surface area contributed by atoms with Crippen LogP contribution in [0.1, 0.15) is 44.7 Å². The van der Waals surface area contributed by atoms with Gasteiger partial charge in [-0.15, -0.1) is 0 Å². The number of para-hydroxylation sites is 1. The van der Waals surface area contributed by atoms with Gasteiger partial charge in [-0.3, -0.25) is 9.78 Å². The number of H-pyrrole nitrogens is 1. The molecule has 134 valence electrons. The summed E-state index contributed by atoms with van der Waals surface area (Å²) in [7, 11) is 0. The highest BCUT2D eigenvalue weighted by molar-refractivity contribution is 6.11. The van der Waals surface area contributed by atoms with Crippen molar-refractivity contribution in [2.45, 2.75) is 27.7 Å². The molecule has 3 aromatic rings. The lowest BCUT2D eigenvalue weighted by Gasteiger charge is -2.10. The number of ether oxygens (including phenoxy) is 1. The molecule has 3 rings (SSSR count). The third kappa shape index (κ3) is 3.18. The molecular formula is C20H21N3O3. The van der Waals surface area contributed by atoms with E-state index in [-0.39, 0.29) is 12.5 Å². The maximum Gasteiger partial charge on any atom is 0.355 e. The maximum absolute atomic E-state index is 12.9. The fourth-order valence-corrected chi connectivity index (χ4v) is 3.09. The van der Waals surface area contributed by atoms with Crippen LogP contribution in [0, 0.1) is 20.8 Å². The van der Waals surface area contributed by atoms with E-state index in [4.69, 9.17) is 4.74 Å². The molecule has 6 nitrogen and oxygen atoms in total. The first-order valence-electron chi connectivity index (χ1n) is 8.46. The van der Waals surface area contributed by atoms with Gasteiger partial charge in [-0.25, -0.2) is 4.79 Å². The molecule has 0 saturated heterocycles. The highest BCUT2D eigenvalue weighted by Gasteiger charge is 2.23. The molecule has 2 heterocycles. The monoisotopic (exact) mass is 351 g/mol. The minimum Gasteiger partial charge on any atom is -0.461 e. The van der Waals surface area contributed by atoms with Crippen LogP contribution in [0.25, 0.3) is 10.9 Å². The van der Waals surface area contributed by atoms with Crippen LogP contribution in [0.2, 0.25) is 0 Å². The van der Waals surface area contributed by atoms with Crippen molar-refractivity contribution in [3.63, 3.8) is 0 Å². The standard InChI is InChI=1S/C20H21N3O3/c1-5-26-20(25)18-12(3)17(13(4)22-18)19(24)23-16-10-11(2)21-15-9-7-6-8-14(15)16/h6-10,22H,5H2,1-4H3,(H,21,23,24). The van der Waals surface area contributed by atoms with Gasteiger partial charge in [0.1, 0.15) is 5.69 Å². The van der Waals surface area contributed by atoms with Crippen molar-refractivity contribution in [3.05, 3.63) is 58.5 Å². The molecule has 26 heavy (non-hydrogen) atoms. The number of rotatable bonds is 4. The quantitative estimate of drug-likeness (QED) is 0.698. The van der Waals surface area contributed by atoms with E-state index in [2.05, 4.69) is 15.3 Å². The molecule has 0 spiro atoms. The van der Waals surface area contributed by atoms with Gasteiger partial charge >= 0.3 is 5.97 Å². The van der Waals surface area contributed by atoms with E-state index >= 15 is 0 Å². The van der Waals surface area contributed by atoms with Crippen LogP contribution in [-0.4, -0.2) is 28.5 Å². The second kappa shape index (κ2) is 7.00. The van der Waals surface area contributed by atoms with E-state index in [0.29, 0.717) is 28.2 Å². The number of fused-ring (bicyclic) bond motifs is 1. The fourth-order valence-electron chi connectivity index (χ4n) is 3.09. The SMILES string of the molecule is CCOC(=O)c1[nH]c(C)c(C(=O)Nc2cc(C)nc3ccccc23)c1C. The molecule has 0 fully saturated rings. The van der Waals surface area contributed by atoms with Crippen LogP contribution in [0.5, 0.6) is 0 Å². The first-order valence-corrected chi connectivity index (χ1v) is 8.46. The fraction of sp³-hybridized carbons (Fsp3) is 0.250. The maximum atomic E-state index is 12.9. The third-order valence-electron chi connectivity index (χ3n) is 4.24. The van der Waals surface area contributed by atoms with Crippen LogP contribution in [-0.2, 0) is 4.74 Å². The Bertz CT molecular complexity index is 1000. The van der Waals surface area contributed by atoms with Crippen LogP contribution in [0.4, 0.5) is 5.69 Å². The Morgan fingerprint density at radius 2 is 1.92 bits per heavy atom. The van der Waals surface area contributed by atoms with Crippen molar-refractivity contribution < 1.29 is 14.3 Å². The molecule has 0 bridgehead atoms. The van der Waals surface area contributed by atoms with E-state index in [1.807, 2.05) is 37.3 Å². The molecule has 2 aromatic heterocycles. The number of carbonyl (C=O) groups excluding carboxylic acids is 2. The summed E-state index contributed by atoms with van der Waals surface area (Å²) >= 11 is 0. The minimum absolute atomic E-state index is 0.275. The first-order chi connectivity index (χ1) is 12.4. The smallest absolute Gasteiger partial charge is 0.355 e. The Hall–Kier alpha value is -3.15. The Labute approximate surface area is 151 Å². The van der Waals surface area contributed by atoms with Crippen molar-refractivity contribution in [1.82, 2.24) is 9.97 Å². The number of hydrogen-bond acceptors (Lipinski definition) is 4. The van der Waals surface area contributed by atoms with Crippen LogP contribution in [0.3, 0.4) is 0 Å². The number of amides is 1. The lowest BCUT2D eigenvalue weighted by molar-refractivity contribution is 0.0519. The summed E-state index contributed by atoms with van der Waals surface area (Å²) in [4.78, 5) is 32.4. The number of nitrogens with one attached hydrogen (secondary N) is 2. The van der Waals surface area contributed by atoms with Crippen LogP contribution >= 0.6 is 0 Å². The summed E-state index contributed by atoms with van der Waals surface area (Å²) in [6, 6.07) is 9.47. The number of carbonyl (C=O) groups is 2. The van der Waals surface area contributed by atoms with Crippen molar-refractivity contribution in [2.75, 3.05) is 11.9 Å². The van der Waals surface area contributed by atoms with E-state index < -0.39 is 5.97 Å². The van der Waals surface area contributed by atoms with Crippen molar-refractivity contribution in [2.24, 2.45) is 0 Å². The lowest BCUT2D eigenvalue weighted by atomic mass is 10.1. The van der Waals surface area contributed by atoms with E-state index in [0.717, 1.165) is 16.6 Å². The Kier molecular flexibility index (Phi) is 4.75. The number of aromatic nitrogens is 2. The molecule has 6 heteroatoms. The summed E-state index contributed by atoms with van der Waals surface area (Å²) in [5.74, 6) is -0.736. The number of nitrogens with zero attached hydrogens (tertiary/aromatic N) is 1. The topological polar surface area (TPSA) is 84.1 Å². The second-order valence-corrected chi connectivity index (χ2v) is 6.13. The van der Waals surface area contributed by atoms with E-state index in [1.54, 1.807) is 20.8 Å². The molecule has 1 aromatic carbocycles. The molecule has 0 aliphatic rings. The highest BCUT2D eigenvalue weighted by atomic mass is 16.5. The van der Waals surface area contributed by atoms with Gasteiger partial charge in [-0.2, -0.15) is 0 Å². The number of aryl methyl sites for hydroxylation is 2. The zero-order chi connectivity index (χ0) is 18.8. The van der Waals surface area contributed by atoms with Gasteiger partial charge < -0.3 is 15.0 Å². The zero-order valence-corrected chi connectivity index (χ0v) is 15.3. The predicted octanol–water partition coefficient (Wildman–Crippen LogP) is 3.92. The van der Waals surface area contributed by atoms with Crippen molar-refractivity contribution in [1.29, 1.82) is 0 Å². The number of anilines is 1. The normalized spacial score (nSPS) is 10.8. The molecule has 0 unspecified atom stereocenters. The molecule has 1 amide bonds. The number of esters is 1. The minimum atomic E-state index is -0.461. The molecule has 2 N–H and O–H groups in total. The molecule has 0 aliphatic carbocycles. The first kappa shape index (κ1) is 17.7. The third-order valence-corrected chi connectivity index (χ3v) is 4.24. The average molecular weight is 351 g/mol. The molecule has 0 aliphatic heterocycles. The molecule has 0 radical (unpaired) electrons. The average Bonchev–Trinajstić information content (AvgIpc) is 2.89. The summed E-state index contributed by atoms with van der Waals surface area (Å²) in [6.07, 6.45) is 0. The molecular weight excluding hydrogens is 330 g/mol. The molecule has 0 saturated carbocycles. The van der Waals surface area contributed by atoms with Gasteiger partial charge in [0.25, 0.3) is 5.91 Å². The number of benzene rings is 1. The van der Waals surface area contributed by atoms with Gasteiger partial charge in [0, 0.05) is 16.8 Å². The van der Waals surface area contributed by atoms with Gasteiger partial charge in [0.2, 0.25) is 0 Å².